The quantitative estimate of drug-likeness (QED) is 0.781. The summed E-state index contributed by atoms with van der Waals surface area (Å²) in [6.45, 7) is 4.95. The van der Waals surface area contributed by atoms with E-state index >= 15 is 0 Å². The van der Waals surface area contributed by atoms with Crippen LogP contribution in [-0.4, -0.2) is 23.4 Å². The monoisotopic (exact) mass is 341 g/mol. The van der Waals surface area contributed by atoms with Gasteiger partial charge in [-0.3, -0.25) is 4.79 Å². The van der Waals surface area contributed by atoms with Crippen molar-refractivity contribution in [2.24, 2.45) is 5.92 Å². The smallest absolute Gasteiger partial charge is 0.254 e. The molecule has 0 saturated heterocycles. The molecule has 0 aliphatic heterocycles. The van der Waals surface area contributed by atoms with Crippen molar-refractivity contribution in [2.45, 2.75) is 45.6 Å². The van der Waals surface area contributed by atoms with E-state index in [4.69, 9.17) is 0 Å². The van der Waals surface area contributed by atoms with Crippen LogP contribution in [0.1, 0.15) is 49.9 Å². The molecule has 0 radical (unpaired) electrons. The van der Waals surface area contributed by atoms with Gasteiger partial charge in [0.2, 0.25) is 0 Å². The van der Waals surface area contributed by atoms with E-state index in [1.807, 2.05) is 4.90 Å². The summed E-state index contributed by atoms with van der Waals surface area (Å²) < 4.78 is 14.0. The minimum Gasteiger partial charge on any atom is -0.335 e. The molecule has 2 rings (SSSR count). The highest BCUT2D eigenvalue weighted by Crippen LogP contribution is 2.26. The van der Waals surface area contributed by atoms with Crippen LogP contribution in [-0.2, 0) is 0 Å². The van der Waals surface area contributed by atoms with Crippen molar-refractivity contribution in [1.82, 2.24) is 4.90 Å². The molecule has 1 amide bonds. The Morgan fingerprint density at radius 1 is 1.40 bits per heavy atom. The van der Waals surface area contributed by atoms with Gasteiger partial charge >= 0.3 is 0 Å². The molecule has 1 saturated carbocycles. The molecule has 1 aliphatic carbocycles. The Hall–Kier alpha value is -0.900. The van der Waals surface area contributed by atoms with Gasteiger partial charge in [-0.05, 0) is 52.9 Å². The maximum atomic E-state index is 13.6. The van der Waals surface area contributed by atoms with Gasteiger partial charge in [-0.1, -0.05) is 26.7 Å². The lowest BCUT2D eigenvalue weighted by molar-refractivity contribution is 0.0655. The molecule has 4 heteroatoms. The molecule has 1 aromatic carbocycles. The zero-order valence-electron chi connectivity index (χ0n) is 12.0. The summed E-state index contributed by atoms with van der Waals surface area (Å²) in [5, 5.41) is 0. The van der Waals surface area contributed by atoms with E-state index in [0.29, 0.717) is 22.0 Å². The van der Waals surface area contributed by atoms with Gasteiger partial charge < -0.3 is 4.90 Å². The van der Waals surface area contributed by atoms with Crippen LogP contribution in [0.4, 0.5) is 4.39 Å². The van der Waals surface area contributed by atoms with Crippen molar-refractivity contribution in [1.29, 1.82) is 0 Å². The standard InChI is InChI=1S/C16H21BrFNO/c1-11(2)10-19(13-5-3-4-6-13)16(20)12-7-8-14(17)15(18)9-12/h7-9,11,13H,3-6,10H2,1-2H3. The second-order valence-electron chi connectivity index (χ2n) is 5.92. The first-order valence-corrected chi connectivity index (χ1v) is 8.04. The van der Waals surface area contributed by atoms with Crippen LogP contribution < -0.4 is 0 Å². The zero-order valence-corrected chi connectivity index (χ0v) is 13.6. The van der Waals surface area contributed by atoms with Crippen LogP contribution in [0.25, 0.3) is 0 Å². The van der Waals surface area contributed by atoms with E-state index < -0.39 is 0 Å². The van der Waals surface area contributed by atoms with Crippen molar-refractivity contribution < 1.29 is 9.18 Å². The average Bonchev–Trinajstić information content (AvgIpc) is 2.92. The Morgan fingerprint density at radius 2 is 2.05 bits per heavy atom. The largest absolute Gasteiger partial charge is 0.335 e. The number of halogens is 2. The van der Waals surface area contributed by atoms with Gasteiger partial charge in [-0.15, -0.1) is 0 Å². The molecule has 1 aromatic rings. The molecule has 0 heterocycles. The van der Waals surface area contributed by atoms with Crippen LogP contribution in [0.15, 0.2) is 22.7 Å². The van der Waals surface area contributed by atoms with E-state index in [9.17, 15) is 9.18 Å². The number of benzene rings is 1. The molecule has 0 aromatic heterocycles. The molecular formula is C16H21BrFNO. The lowest BCUT2D eigenvalue weighted by Crippen LogP contribution is -2.41. The number of carbonyl (C=O) groups is 1. The summed E-state index contributed by atoms with van der Waals surface area (Å²) in [5.41, 5.74) is 0.443. The molecule has 1 fully saturated rings. The van der Waals surface area contributed by atoms with E-state index in [-0.39, 0.29) is 11.7 Å². The molecule has 20 heavy (non-hydrogen) atoms. The predicted molar refractivity (Wildman–Crippen MR) is 82.2 cm³/mol. The molecular weight excluding hydrogens is 321 g/mol. The molecule has 110 valence electrons. The SMILES string of the molecule is CC(C)CN(C(=O)c1ccc(Br)c(F)c1)C1CCCC1. The van der Waals surface area contributed by atoms with Crippen molar-refractivity contribution in [3.05, 3.63) is 34.1 Å². The van der Waals surface area contributed by atoms with Crippen LogP contribution in [0.3, 0.4) is 0 Å². The van der Waals surface area contributed by atoms with Crippen LogP contribution in [0.5, 0.6) is 0 Å². The summed E-state index contributed by atoms with van der Waals surface area (Å²) in [6, 6.07) is 4.94. The first-order valence-electron chi connectivity index (χ1n) is 7.25. The Bertz CT molecular complexity index is 483. The third-order valence-corrected chi connectivity index (χ3v) is 4.40. The van der Waals surface area contributed by atoms with Gasteiger partial charge in [0.05, 0.1) is 4.47 Å². The summed E-state index contributed by atoms with van der Waals surface area (Å²) in [5.74, 6) is -0.0105. The molecule has 0 bridgehead atoms. The lowest BCUT2D eigenvalue weighted by atomic mass is 10.1. The number of nitrogens with zero attached hydrogens (tertiary/aromatic N) is 1. The summed E-state index contributed by atoms with van der Waals surface area (Å²) in [4.78, 5) is 14.6. The van der Waals surface area contributed by atoms with Gasteiger partial charge in [-0.2, -0.15) is 0 Å². The number of hydrogen-bond acceptors (Lipinski definition) is 1. The highest BCUT2D eigenvalue weighted by atomic mass is 79.9. The third kappa shape index (κ3) is 3.60. The fraction of sp³-hybridized carbons (Fsp3) is 0.562. The van der Waals surface area contributed by atoms with Gasteiger partial charge in [-0.25, -0.2) is 4.39 Å². The lowest BCUT2D eigenvalue weighted by Gasteiger charge is -2.30. The first kappa shape index (κ1) is 15.5. The summed E-state index contributed by atoms with van der Waals surface area (Å²) >= 11 is 3.12. The fourth-order valence-electron chi connectivity index (χ4n) is 2.80. The Labute approximate surface area is 128 Å². The third-order valence-electron chi connectivity index (χ3n) is 3.75. The van der Waals surface area contributed by atoms with Gasteiger partial charge in [0.1, 0.15) is 5.82 Å². The highest BCUT2D eigenvalue weighted by Gasteiger charge is 2.28. The zero-order chi connectivity index (χ0) is 14.7. The van der Waals surface area contributed by atoms with E-state index in [2.05, 4.69) is 29.8 Å². The van der Waals surface area contributed by atoms with Crippen molar-refractivity contribution in [2.75, 3.05) is 6.54 Å². The number of amides is 1. The number of carbonyl (C=O) groups excluding carboxylic acids is 1. The molecule has 0 N–H and O–H groups in total. The second kappa shape index (κ2) is 6.70. The minimum atomic E-state index is -0.383. The summed E-state index contributed by atoms with van der Waals surface area (Å²) in [7, 11) is 0. The first-order chi connectivity index (χ1) is 9.49. The molecule has 0 unspecified atom stereocenters. The van der Waals surface area contributed by atoms with E-state index in [1.54, 1.807) is 12.1 Å². The molecule has 0 spiro atoms. The maximum Gasteiger partial charge on any atom is 0.254 e. The van der Waals surface area contributed by atoms with Crippen LogP contribution in [0.2, 0.25) is 0 Å². The van der Waals surface area contributed by atoms with Crippen molar-refractivity contribution >= 4 is 21.8 Å². The Balaban J connectivity index is 2.22. The number of rotatable bonds is 4. The molecule has 2 nitrogen and oxygen atoms in total. The molecule has 1 aliphatic rings. The van der Waals surface area contributed by atoms with E-state index in [1.165, 1.54) is 18.9 Å². The van der Waals surface area contributed by atoms with Gasteiger partial charge in [0.15, 0.2) is 0 Å². The highest BCUT2D eigenvalue weighted by molar-refractivity contribution is 9.10. The maximum absolute atomic E-state index is 13.6. The predicted octanol–water partition coefficient (Wildman–Crippen LogP) is 4.63. The van der Waals surface area contributed by atoms with E-state index in [0.717, 1.165) is 19.4 Å². The molecule has 0 atom stereocenters. The van der Waals surface area contributed by atoms with Crippen molar-refractivity contribution in [3.63, 3.8) is 0 Å². The topological polar surface area (TPSA) is 20.3 Å². The normalized spacial score (nSPS) is 15.8. The van der Waals surface area contributed by atoms with Gasteiger partial charge in [0.25, 0.3) is 5.91 Å². The Kier molecular flexibility index (Phi) is 5.19. The van der Waals surface area contributed by atoms with Crippen molar-refractivity contribution in [3.8, 4) is 0 Å². The fourth-order valence-corrected chi connectivity index (χ4v) is 3.05. The average molecular weight is 342 g/mol. The van der Waals surface area contributed by atoms with Crippen LogP contribution >= 0.6 is 15.9 Å². The number of hydrogen-bond donors (Lipinski definition) is 0. The second-order valence-corrected chi connectivity index (χ2v) is 6.77. The summed E-state index contributed by atoms with van der Waals surface area (Å²) in [6.07, 6.45) is 4.50. The minimum absolute atomic E-state index is 0.0444. The Morgan fingerprint density at radius 3 is 2.60 bits per heavy atom. The van der Waals surface area contributed by atoms with Gasteiger partial charge in [0, 0.05) is 18.2 Å². The van der Waals surface area contributed by atoms with Crippen LogP contribution in [0, 0.1) is 11.7 Å².